The lowest BCUT2D eigenvalue weighted by atomic mass is 10.1. The van der Waals surface area contributed by atoms with E-state index in [1.807, 2.05) is 18.9 Å². The molecule has 4 rings (SSSR count). The second-order valence-electron chi connectivity index (χ2n) is 7.65. The molecule has 0 amide bonds. The first-order valence-corrected chi connectivity index (χ1v) is 10.1. The van der Waals surface area contributed by atoms with Crippen LogP contribution in [0.2, 0.25) is 0 Å². The number of hydrogen-bond acceptors (Lipinski definition) is 7. The molecule has 2 aromatic heterocycles. The summed E-state index contributed by atoms with van der Waals surface area (Å²) in [6.45, 7) is 2.24. The van der Waals surface area contributed by atoms with Crippen LogP contribution < -0.4 is 20.1 Å². The van der Waals surface area contributed by atoms with Gasteiger partial charge < -0.3 is 14.4 Å². The molecule has 0 radical (unpaired) electrons. The van der Waals surface area contributed by atoms with Gasteiger partial charge in [-0.05, 0) is 31.0 Å². The van der Waals surface area contributed by atoms with E-state index in [1.165, 1.54) is 4.57 Å². The van der Waals surface area contributed by atoms with Gasteiger partial charge >= 0.3 is 11.9 Å². The minimum atomic E-state index is -4.76. The number of halogens is 5. The number of alkyl halides is 3. The van der Waals surface area contributed by atoms with Crippen LogP contribution in [0.25, 0.3) is 0 Å². The average molecular weight is 483 g/mol. The molecule has 1 aromatic carbocycles. The molecule has 3 aromatic rings. The van der Waals surface area contributed by atoms with Crippen molar-refractivity contribution in [2.24, 2.45) is 0 Å². The Kier molecular flexibility index (Phi) is 6.11. The van der Waals surface area contributed by atoms with Gasteiger partial charge in [-0.2, -0.15) is 18.2 Å². The van der Waals surface area contributed by atoms with Crippen molar-refractivity contribution in [1.29, 1.82) is 0 Å². The van der Waals surface area contributed by atoms with Crippen molar-refractivity contribution in [2.45, 2.75) is 38.7 Å². The minimum Gasteiger partial charge on any atom is -0.473 e. The van der Waals surface area contributed by atoms with Gasteiger partial charge in [0, 0.05) is 25.7 Å². The molecule has 34 heavy (non-hydrogen) atoms. The van der Waals surface area contributed by atoms with E-state index in [-0.39, 0.29) is 29.8 Å². The summed E-state index contributed by atoms with van der Waals surface area (Å²) in [4.78, 5) is 24.2. The molecule has 180 valence electrons. The van der Waals surface area contributed by atoms with Crippen LogP contribution in [0.3, 0.4) is 0 Å². The number of aromatic nitrogens is 4. The second kappa shape index (κ2) is 8.88. The van der Waals surface area contributed by atoms with Gasteiger partial charge in [0.1, 0.15) is 12.4 Å². The Hall–Kier alpha value is -3.77. The van der Waals surface area contributed by atoms with E-state index < -0.39 is 35.1 Å². The fraction of sp³-hybridized carbons (Fsp3) is 0.333. The molecule has 0 fully saturated rings. The number of fused-ring (bicyclic) bond motifs is 1. The van der Waals surface area contributed by atoms with Gasteiger partial charge in [-0.25, -0.2) is 23.5 Å². The molecule has 13 heteroatoms. The monoisotopic (exact) mass is 483 g/mol. The summed E-state index contributed by atoms with van der Waals surface area (Å²) >= 11 is 0. The van der Waals surface area contributed by atoms with E-state index in [1.54, 1.807) is 6.07 Å². The smallest absolute Gasteiger partial charge is 0.451 e. The lowest BCUT2D eigenvalue weighted by Crippen LogP contribution is -2.41. The van der Waals surface area contributed by atoms with Crippen LogP contribution in [0.5, 0.6) is 17.4 Å². The standard InChI is InChI=1S/C21H18F5N5O3/c1-11-3-4-31-17(30(11)2)7-16(29-20(31)32)33-10-12-5-14(22)18(15(23)6-12)34-13-8-27-19(28-9-13)21(24,25)26/h5-9,11H,3-4,10H2,1-2H3/t11-/m0/s1. The third-order valence-electron chi connectivity index (χ3n) is 5.31. The maximum Gasteiger partial charge on any atom is 0.451 e. The second-order valence-corrected chi connectivity index (χ2v) is 7.65. The van der Waals surface area contributed by atoms with E-state index >= 15 is 0 Å². The predicted molar refractivity (Wildman–Crippen MR) is 109 cm³/mol. The Balaban J connectivity index is 1.49. The Morgan fingerprint density at radius 2 is 1.76 bits per heavy atom. The summed E-state index contributed by atoms with van der Waals surface area (Å²) in [6.07, 6.45) is -2.66. The number of nitrogens with zero attached hydrogens (tertiary/aromatic N) is 5. The number of rotatable bonds is 5. The van der Waals surface area contributed by atoms with Gasteiger partial charge in [-0.1, -0.05) is 0 Å². The zero-order valence-electron chi connectivity index (χ0n) is 17.9. The quantitative estimate of drug-likeness (QED) is 0.509. The van der Waals surface area contributed by atoms with Gasteiger partial charge in [-0.3, -0.25) is 4.57 Å². The fourth-order valence-electron chi connectivity index (χ4n) is 3.37. The molecule has 1 aliphatic rings. The molecule has 0 N–H and O–H groups in total. The van der Waals surface area contributed by atoms with E-state index in [9.17, 15) is 26.7 Å². The van der Waals surface area contributed by atoms with Gasteiger partial charge in [-0.15, -0.1) is 0 Å². The van der Waals surface area contributed by atoms with Crippen LogP contribution in [0, 0.1) is 11.6 Å². The molecule has 0 unspecified atom stereocenters. The van der Waals surface area contributed by atoms with Crippen LogP contribution in [-0.2, 0) is 19.3 Å². The summed E-state index contributed by atoms with van der Waals surface area (Å²) in [5, 5.41) is 0. The molecule has 1 atom stereocenters. The van der Waals surface area contributed by atoms with Gasteiger partial charge in [0.2, 0.25) is 11.7 Å². The molecule has 3 heterocycles. The Bertz CT molecular complexity index is 1240. The zero-order chi connectivity index (χ0) is 24.6. The number of hydrogen-bond donors (Lipinski definition) is 0. The molecule has 8 nitrogen and oxygen atoms in total. The fourth-order valence-corrected chi connectivity index (χ4v) is 3.37. The van der Waals surface area contributed by atoms with Crippen LogP contribution >= 0.6 is 0 Å². The van der Waals surface area contributed by atoms with Crippen molar-refractivity contribution in [3.05, 3.63) is 64.1 Å². The molecular formula is C21H18F5N5O3. The van der Waals surface area contributed by atoms with E-state index in [2.05, 4.69) is 15.0 Å². The van der Waals surface area contributed by atoms with Crippen molar-refractivity contribution in [3.8, 4) is 17.4 Å². The predicted octanol–water partition coefficient (Wildman–Crippen LogP) is 3.93. The Morgan fingerprint density at radius 3 is 2.38 bits per heavy atom. The van der Waals surface area contributed by atoms with Crippen molar-refractivity contribution in [1.82, 2.24) is 19.5 Å². The Labute approximate surface area is 189 Å². The van der Waals surface area contributed by atoms with Crippen LogP contribution in [0.15, 0.2) is 35.4 Å². The first-order chi connectivity index (χ1) is 16.0. The SMILES string of the molecule is C[C@H]1CCn2c(cc(OCc3cc(F)c(Oc4cnc(C(F)(F)F)nc4)c(F)c3)nc2=O)N1C. The molecule has 0 saturated heterocycles. The van der Waals surface area contributed by atoms with Crippen molar-refractivity contribution < 1.29 is 31.4 Å². The largest absolute Gasteiger partial charge is 0.473 e. The van der Waals surface area contributed by atoms with E-state index in [0.29, 0.717) is 24.8 Å². The van der Waals surface area contributed by atoms with Crippen molar-refractivity contribution >= 4 is 5.82 Å². The van der Waals surface area contributed by atoms with Crippen LogP contribution in [-0.4, -0.2) is 32.6 Å². The van der Waals surface area contributed by atoms with Crippen molar-refractivity contribution in [3.63, 3.8) is 0 Å². The molecule has 0 aliphatic carbocycles. The highest BCUT2D eigenvalue weighted by molar-refractivity contribution is 5.44. The molecule has 1 aliphatic heterocycles. The third kappa shape index (κ3) is 4.77. The first-order valence-electron chi connectivity index (χ1n) is 10.1. The summed E-state index contributed by atoms with van der Waals surface area (Å²) in [5.74, 6) is -4.26. The summed E-state index contributed by atoms with van der Waals surface area (Å²) in [6, 6.07) is 3.65. The number of anilines is 1. The lowest BCUT2D eigenvalue weighted by Gasteiger charge is -2.34. The van der Waals surface area contributed by atoms with Gasteiger partial charge in [0.15, 0.2) is 23.1 Å². The van der Waals surface area contributed by atoms with Crippen LogP contribution in [0.1, 0.15) is 24.7 Å². The summed E-state index contributed by atoms with van der Waals surface area (Å²) in [5.41, 5.74) is -0.418. The van der Waals surface area contributed by atoms with Gasteiger partial charge in [0.25, 0.3) is 0 Å². The lowest BCUT2D eigenvalue weighted by molar-refractivity contribution is -0.145. The Morgan fingerprint density at radius 1 is 1.12 bits per heavy atom. The number of ether oxygens (including phenoxy) is 2. The zero-order valence-corrected chi connectivity index (χ0v) is 17.9. The highest BCUT2D eigenvalue weighted by Gasteiger charge is 2.34. The maximum atomic E-state index is 14.5. The molecular weight excluding hydrogens is 465 g/mol. The van der Waals surface area contributed by atoms with Crippen molar-refractivity contribution in [2.75, 3.05) is 11.9 Å². The summed E-state index contributed by atoms with van der Waals surface area (Å²) in [7, 11) is 1.84. The molecule has 0 spiro atoms. The molecule has 0 bridgehead atoms. The maximum absolute atomic E-state index is 14.5. The van der Waals surface area contributed by atoms with Gasteiger partial charge in [0.05, 0.1) is 12.4 Å². The van der Waals surface area contributed by atoms with Crippen LogP contribution in [0.4, 0.5) is 27.8 Å². The number of benzene rings is 1. The van der Waals surface area contributed by atoms with E-state index in [4.69, 9.17) is 9.47 Å². The summed E-state index contributed by atoms with van der Waals surface area (Å²) < 4.78 is 78.5. The third-order valence-corrected chi connectivity index (χ3v) is 5.31. The highest BCUT2D eigenvalue weighted by atomic mass is 19.4. The highest BCUT2D eigenvalue weighted by Crippen LogP contribution is 2.31. The topological polar surface area (TPSA) is 82.4 Å². The average Bonchev–Trinajstić information content (AvgIpc) is 2.77. The first kappa shape index (κ1) is 23.4. The normalized spacial score (nSPS) is 15.7. The molecule has 0 saturated carbocycles. The van der Waals surface area contributed by atoms with E-state index in [0.717, 1.165) is 18.6 Å². The minimum absolute atomic E-state index is 0.000228.